The lowest BCUT2D eigenvalue weighted by Gasteiger charge is -2.14. The fraction of sp³-hybridized carbons (Fsp3) is 0.304. The number of amidine groups is 1. The number of Topliss-reactive ketones (excluding diaryl/α,β-unsaturated/α-hetero) is 1. The van der Waals surface area contributed by atoms with E-state index in [1.54, 1.807) is 12.1 Å². The molecule has 0 spiro atoms. The van der Waals surface area contributed by atoms with Gasteiger partial charge in [0, 0.05) is 12.1 Å². The molecular weight excluding hydrogens is 545 g/mol. The van der Waals surface area contributed by atoms with Crippen LogP contribution in [-0.2, 0) is 26.0 Å². The van der Waals surface area contributed by atoms with Crippen molar-refractivity contribution in [3.8, 4) is 0 Å². The largest absolute Gasteiger partial charge is 0.465 e. The number of carbonyl (C=O) groups excluding carboxylic acids is 2. The van der Waals surface area contributed by atoms with E-state index in [0.29, 0.717) is 31.0 Å². The molecule has 0 saturated heterocycles. The highest BCUT2D eigenvalue weighted by atomic mass is 35.5. The Labute approximate surface area is 223 Å². The maximum absolute atomic E-state index is 12.4. The lowest BCUT2D eigenvalue weighted by molar-refractivity contribution is -0.124. The smallest absolute Gasteiger partial charge is 0.413 e. The average Bonchev–Trinajstić information content (AvgIpc) is 3.35. The number of aliphatic imine (C=N–C) groups is 1. The third kappa shape index (κ3) is 7.98. The minimum atomic E-state index is -3.81. The molecule has 0 bridgehead atoms. The Morgan fingerprint density at radius 3 is 2.43 bits per heavy atom. The molecule has 2 aromatic carbocycles. The first kappa shape index (κ1) is 28.5. The van der Waals surface area contributed by atoms with Crippen LogP contribution in [0.25, 0.3) is 0 Å². The lowest BCUT2D eigenvalue weighted by Crippen LogP contribution is -2.40. The fourth-order valence-electron chi connectivity index (χ4n) is 3.42. The first-order valence-corrected chi connectivity index (χ1v) is 13.5. The number of hydrogen-bond donors (Lipinski definition) is 4. The quantitative estimate of drug-likeness (QED) is 0.299. The summed E-state index contributed by atoms with van der Waals surface area (Å²) in [5, 5.41) is 17.2. The number of carbonyl (C=O) groups is 3. The van der Waals surface area contributed by atoms with Gasteiger partial charge in [0.2, 0.25) is 5.91 Å². The third-order valence-electron chi connectivity index (χ3n) is 5.25. The van der Waals surface area contributed by atoms with E-state index in [1.165, 1.54) is 23.1 Å². The molecule has 37 heavy (non-hydrogen) atoms. The summed E-state index contributed by atoms with van der Waals surface area (Å²) in [4.78, 5) is 40.6. The number of nitrogens with one attached hydrogen (secondary N) is 3. The SMILES string of the molecule is O=C(CNCc1ccc(C2=NCCN2C(=O)O)cc1)CNC(=O)CNCS(=O)(=O)c1cccc(Cl)c1Cl. The Balaban J connectivity index is 1.35. The van der Waals surface area contributed by atoms with Crippen LogP contribution in [-0.4, -0.2) is 80.6 Å². The highest BCUT2D eigenvalue weighted by Gasteiger charge is 2.24. The first-order valence-electron chi connectivity index (χ1n) is 11.1. The molecule has 0 unspecified atom stereocenters. The molecule has 0 fully saturated rings. The highest BCUT2D eigenvalue weighted by Crippen LogP contribution is 2.29. The van der Waals surface area contributed by atoms with E-state index in [1.807, 2.05) is 12.1 Å². The summed E-state index contributed by atoms with van der Waals surface area (Å²) < 4.78 is 24.8. The number of ketones is 1. The predicted octanol–water partition coefficient (Wildman–Crippen LogP) is 1.53. The summed E-state index contributed by atoms with van der Waals surface area (Å²) in [6.45, 7) is 0.632. The number of carboxylic acid groups (broad SMARTS) is 1. The first-order chi connectivity index (χ1) is 17.6. The summed E-state index contributed by atoms with van der Waals surface area (Å²) in [5.74, 6) is -0.920. The van der Waals surface area contributed by atoms with Crippen LogP contribution in [0.5, 0.6) is 0 Å². The van der Waals surface area contributed by atoms with Crippen molar-refractivity contribution in [1.82, 2.24) is 20.9 Å². The van der Waals surface area contributed by atoms with Crippen LogP contribution < -0.4 is 16.0 Å². The highest BCUT2D eigenvalue weighted by molar-refractivity contribution is 7.91. The molecular formula is C23H25Cl2N5O6S. The Kier molecular flexibility index (Phi) is 10.0. The van der Waals surface area contributed by atoms with Crippen LogP contribution in [0, 0.1) is 0 Å². The van der Waals surface area contributed by atoms with Crippen LogP contribution in [0.15, 0.2) is 52.4 Å². The third-order valence-corrected chi connectivity index (χ3v) is 7.77. The zero-order valence-corrected chi connectivity index (χ0v) is 21.9. The Morgan fingerprint density at radius 2 is 1.73 bits per heavy atom. The van der Waals surface area contributed by atoms with Crippen molar-refractivity contribution in [2.24, 2.45) is 4.99 Å². The summed E-state index contributed by atoms with van der Waals surface area (Å²) in [5.41, 5.74) is 1.57. The van der Waals surface area contributed by atoms with Crippen molar-refractivity contribution < 1.29 is 27.9 Å². The minimum Gasteiger partial charge on any atom is -0.465 e. The van der Waals surface area contributed by atoms with Gasteiger partial charge in [-0.15, -0.1) is 0 Å². The van der Waals surface area contributed by atoms with Crippen molar-refractivity contribution >= 4 is 56.7 Å². The molecule has 4 N–H and O–H groups in total. The Morgan fingerprint density at radius 1 is 1.00 bits per heavy atom. The minimum absolute atomic E-state index is 0.0105. The number of halogens is 2. The van der Waals surface area contributed by atoms with Gasteiger partial charge in [0.25, 0.3) is 0 Å². The summed E-state index contributed by atoms with van der Waals surface area (Å²) >= 11 is 11.8. The number of sulfone groups is 1. The standard InChI is InChI=1S/C23H25Cl2N5O6S/c24-18-2-1-3-19(21(18)25)37(35,36)14-27-13-20(32)29-12-17(31)11-26-10-15-4-6-16(7-5-15)22-28-8-9-30(22)23(33)34/h1-7,26-27H,8-14H2,(H,29,32)(H,33,34). The van der Waals surface area contributed by atoms with E-state index in [4.69, 9.17) is 23.2 Å². The van der Waals surface area contributed by atoms with Crippen molar-refractivity contribution in [2.75, 3.05) is 38.6 Å². The van der Waals surface area contributed by atoms with Gasteiger partial charge in [0.1, 0.15) is 11.7 Å². The van der Waals surface area contributed by atoms with Crippen molar-refractivity contribution in [3.05, 3.63) is 63.6 Å². The summed E-state index contributed by atoms with van der Waals surface area (Å²) in [7, 11) is -3.81. The monoisotopic (exact) mass is 569 g/mol. The van der Waals surface area contributed by atoms with Gasteiger partial charge in [-0.1, -0.05) is 53.5 Å². The van der Waals surface area contributed by atoms with Crippen molar-refractivity contribution in [3.63, 3.8) is 0 Å². The molecule has 2 amide bonds. The second kappa shape index (κ2) is 13.0. The van der Waals surface area contributed by atoms with Crippen LogP contribution in [0.3, 0.4) is 0 Å². The fourth-order valence-corrected chi connectivity index (χ4v) is 5.33. The second-order valence-electron chi connectivity index (χ2n) is 7.99. The van der Waals surface area contributed by atoms with E-state index < -0.39 is 27.7 Å². The zero-order valence-electron chi connectivity index (χ0n) is 19.5. The molecule has 0 aliphatic carbocycles. The Hall–Kier alpha value is -3.03. The van der Waals surface area contributed by atoms with Gasteiger partial charge in [0.15, 0.2) is 15.6 Å². The van der Waals surface area contributed by atoms with Crippen LogP contribution in [0.4, 0.5) is 4.79 Å². The number of hydrogen-bond acceptors (Lipinski definition) is 8. The van der Waals surface area contributed by atoms with Crippen LogP contribution in [0.2, 0.25) is 10.0 Å². The van der Waals surface area contributed by atoms with Gasteiger partial charge >= 0.3 is 6.09 Å². The predicted molar refractivity (Wildman–Crippen MR) is 139 cm³/mol. The average molecular weight is 570 g/mol. The zero-order chi connectivity index (χ0) is 27.0. The summed E-state index contributed by atoms with van der Waals surface area (Å²) in [6, 6.07) is 11.4. The van der Waals surface area contributed by atoms with E-state index in [9.17, 15) is 27.9 Å². The van der Waals surface area contributed by atoms with Gasteiger partial charge < -0.3 is 15.7 Å². The second-order valence-corrected chi connectivity index (χ2v) is 10.7. The normalized spacial score (nSPS) is 13.4. The van der Waals surface area contributed by atoms with Gasteiger partial charge in [-0.3, -0.25) is 24.8 Å². The molecule has 2 aromatic rings. The van der Waals surface area contributed by atoms with Gasteiger partial charge in [-0.25, -0.2) is 13.2 Å². The lowest BCUT2D eigenvalue weighted by atomic mass is 10.1. The maximum atomic E-state index is 12.4. The molecule has 0 aromatic heterocycles. The molecule has 0 radical (unpaired) electrons. The van der Waals surface area contributed by atoms with Gasteiger partial charge in [-0.05, 0) is 17.7 Å². The molecule has 14 heteroatoms. The Bertz CT molecular complexity index is 1300. The van der Waals surface area contributed by atoms with Gasteiger partial charge in [-0.2, -0.15) is 0 Å². The van der Waals surface area contributed by atoms with E-state index in [-0.39, 0.29) is 40.4 Å². The molecule has 0 saturated carbocycles. The topological polar surface area (TPSA) is 157 Å². The molecule has 1 aliphatic rings. The molecule has 0 atom stereocenters. The van der Waals surface area contributed by atoms with Crippen LogP contribution >= 0.6 is 23.2 Å². The molecule has 11 nitrogen and oxygen atoms in total. The number of amides is 2. The molecule has 198 valence electrons. The van der Waals surface area contributed by atoms with Crippen molar-refractivity contribution in [1.29, 1.82) is 0 Å². The van der Waals surface area contributed by atoms with E-state index >= 15 is 0 Å². The molecule has 3 rings (SSSR count). The summed E-state index contributed by atoms with van der Waals surface area (Å²) in [6.07, 6.45) is -1.05. The maximum Gasteiger partial charge on any atom is 0.413 e. The van der Waals surface area contributed by atoms with E-state index in [2.05, 4.69) is 20.9 Å². The molecule has 1 aliphatic heterocycles. The number of rotatable bonds is 12. The number of nitrogens with zero attached hydrogens (tertiary/aromatic N) is 2. The van der Waals surface area contributed by atoms with Crippen LogP contribution in [0.1, 0.15) is 11.1 Å². The van der Waals surface area contributed by atoms with E-state index in [0.717, 1.165) is 5.56 Å². The van der Waals surface area contributed by atoms with Gasteiger partial charge in [0.05, 0.1) is 47.7 Å². The molecule has 1 heterocycles. The number of benzene rings is 2. The van der Waals surface area contributed by atoms with Crippen molar-refractivity contribution in [2.45, 2.75) is 11.4 Å².